The zero-order chi connectivity index (χ0) is 24.5. The average molecular weight is 544 g/mol. The summed E-state index contributed by atoms with van der Waals surface area (Å²) in [4.78, 5) is 36.3. The van der Waals surface area contributed by atoms with E-state index in [-0.39, 0.29) is 12.5 Å². The quantitative estimate of drug-likeness (QED) is 0.231. The maximum Gasteiger partial charge on any atom is 0.329 e. The maximum absolute atomic E-state index is 12.2. The second-order valence-corrected chi connectivity index (χ2v) is 8.40. The molecule has 0 fully saturated rings. The summed E-state index contributed by atoms with van der Waals surface area (Å²) in [5.74, 6) is -1.84. The summed E-state index contributed by atoms with van der Waals surface area (Å²) in [7, 11) is 0. The lowest BCUT2D eigenvalue weighted by atomic mass is 10.2. The zero-order valence-electron chi connectivity index (χ0n) is 18.0. The second kappa shape index (κ2) is 12.0. The maximum atomic E-state index is 12.2. The van der Waals surface area contributed by atoms with Crippen molar-refractivity contribution in [1.29, 1.82) is 0 Å². The number of anilines is 2. The Hall–Kier alpha value is -3.69. The Kier molecular flexibility index (Phi) is 8.78. The molecule has 0 aliphatic carbocycles. The van der Waals surface area contributed by atoms with Gasteiger partial charge in [0, 0.05) is 26.4 Å². The monoisotopic (exact) mass is 542 g/mol. The van der Waals surface area contributed by atoms with Crippen LogP contribution in [0.5, 0.6) is 5.75 Å². The molecule has 174 valence electrons. The largest absolute Gasteiger partial charge is 0.483 e. The number of halogens is 2. The standard InChI is InChI=1S/C24H20BrClN4O4/c1-15-4-2-6-19(10-15)28-22(31)14-34-21-9-8-17(25)11-16(21)13-27-30-24(33)23(32)29-20-7-3-5-18(26)12-20/h2-13H,14H2,1H3,(H,28,31)(H,29,32)(H,30,33)/b27-13-. The van der Waals surface area contributed by atoms with Crippen LogP contribution in [-0.2, 0) is 14.4 Å². The molecule has 0 bridgehead atoms. The molecule has 0 spiro atoms. The van der Waals surface area contributed by atoms with E-state index in [2.05, 4.69) is 37.1 Å². The Morgan fingerprint density at radius 3 is 2.44 bits per heavy atom. The SMILES string of the molecule is Cc1cccc(NC(=O)COc2ccc(Br)cc2/C=N\NC(=O)C(=O)Nc2cccc(Cl)c2)c1. The second-order valence-electron chi connectivity index (χ2n) is 7.05. The smallest absolute Gasteiger partial charge is 0.329 e. The fourth-order valence-electron chi connectivity index (χ4n) is 2.78. The molecular formula is C24H20BrClN4O4. The third kappa shape index (κ3) is 7.72. The van der Waals surface area contributed by atoms with Crippen molar-refractivity contribution in [2.45, 2.75) is 6.92 Å². The molecule has 3 rings (SSSR count). The molecule has 3 aromatic rings. The first kappa shape index (κ1) is 24.9. The third-order valence-corrected chi connectivity index (χ3v) is 5.02. The van der Waals surface area contributed by atoms with Gasteiger partial charge in [-0.2, -0.15) is 5.10 Å². The van der Waals surface area contributed by atoms with E-state index in [1.54, 1.807) is 42.5 Å². The van der Waals surface area contributed by atoms with Crippen LogP contribution in [0.15, 0.2) is 76.3 Å². The molecule has 0 atom stereocenters. The van der Waals surface area contributed by atoms with Crippen molar-refractivity contribution in [2.24, 2.45) is 5.10 Å². The van der Waals surface area contributed by atoms with Crippen molar-refractivity contribution in [3.63, 3.8) is 0 Å². The molecule has 3 aromatic carbocycles. The van der Waals surface area contributed by atoms with E-state index >= 15 is 0 Å². The van der Waals surface area contributed by atoms with Gasteiger partial charge < -0.3 is 15.4 Å². The number of benzene rings is 3. The Morgan fingerprint density at radius 2 is 1.71 bits per heavy atom. The molecule has 3 N–H and O–H groups in total. The predicted octanol–water partition coefficient (Wildman–Crippen LogP) is 4.52. The van der Waals surface area contributed by atoms with Gasteiger partial charge in [-0.25, -0.2) is 5.43 Å². The fraction of sp³-hybridized carbons (Fsp3) is 0.0833. The number of amides is 3. The van der Waals surface area contributed by atoms with Crippen LogP contribution >= 0.6 is 27.5 Å². The molecule has 10 heteroatoms. The van der Waals surface area contributed by atoms with E-state index in [0.717, 1.165) is 10.0 Å². The highest BCUT2D eigenvalue weighted by molar-refractivity contribution is 9.10. The highest BCUT2D eigenvalue weighted by Gasteiger charge is 2.13. The van der Waals surface area contributed by atoms with Gasteiger partial charge >= 0.3 is 11.8 Å². The van der Waals surface area contributed by atoms with E-state index in [9.17, 15) is 14.4 Å². The number of hydrogen-bond donors (Lipinski definition) is 3. The molecule has 0 aliphatic rings. The number of nitrogens with one attached hydrogen (secondary N) is 3. The molecule has 0 unspecified atom stereocenters. The number of carbonyl (C=O) groups excluding carboxylic acids is 3. The minimum Gasteiger partial charge on any atom is -0.483 e. The van der Waals surface area contributed by atoms with Crippen molar-refractivity contribution < 1.29 is 19.1 Å². The van der Waals surface area contributed by atoms with Crippen molar-refractivity contribution in [3.8, 4) is 5.75 Å². The van der Waals surface area contributed by atoms with Crippen molar-refractivity contribution in [2.75, 3.05) is 17.2 Å². The number of hydrazone groups is 1. The summed E-state index contributed by atoms with van der Waals surface area (Å²) >= 11 is 9.22. The van der Waals surface area contributed by atoms with Gasteiger partial charge in [0.1, 0.15) is 5.75 Å². The van der Waals surface area contributed by atoms with Gasteiger partial charge in [-0.3, -0.25) is 14.4 Å². The van der Waals surface area contributed by atoms with Crippen LogP contribution < -0.4 is 20.8 Å². The van der Waals surface area contributed by atoms with E-state index < -0.39 is 11.8 Å². The van der Waals surface area contributed by atoms with E-state index in [1.165, 1.54) is 12.3 Å². The number of ether oxygens (including phenoxy) is 1. The van der Waals surface area contributed by atoms with Crippen LogP contribution in [0.4, 0.5) is 11.4 Å². The Bertz CT molecular complexity index is 1250. The topological polar surface area (TPSA) is 109 Å². The summed E-state index contributed by atoms with van der Waals surface area (Å²) in [6.07, 6.45) is 1.31. The van der Waals surface area contributed by atoms with E-state index in [1.807, 2.05) is 25.1 Å². The lowest BCUT2D eigenvalue weighted by Gasteiger charge is -2.10. The molecule has 0 aromatic heterocycles. The molecule has 34 heavy (non-hydrogen) atoms. The number of rotatable bonds is 7. The van der Waals surface area contributed by atoms with Crippen LogP contribution in [0, 0.1) is 6.92 Å². The number of nitrogens with zero attached hydrogens (tertiary/aromatic N) is 1. The van der Waals surface area contributed by atoms with Crippen molar-refractivity contribution >= 4 is 62.8 Å². The van der Waals surface area contributed by atoms with Gasteiger partial charge in [-0.15, -0.1) is 0 Å². The highest BCUT2D eigenvalue weighted by atomic mass is 79.9. The lowest BCUT2D eigenvalue weighted by Crippen LogP contribution is -2.32. The van der Waals surface area contributed by atoms with Crippen LogP contribution in [0.1, 0.15) is 11.1 Å². The molecule has 0 saturated heterocycles. The minimum absolute atomic E-state index is 0.231. The van der Waals surface area contributed by atoms with Gasteiger partial charge in [0.05, 0.1) is 6.21 Å². The van der Waals surface area contributed by atoms with Crippen molar-refractivity contribution in [1.82, 2.24) is 5.43 Å². The zero-order valence-corrected chi connectivity index (χ0v) is 20.3. The summed E-state index contributed by atoms with van der Waals surface area (Å²) in [5.41, 5.74) is 4.70. The molecule has 3 amide bonds. The first-order chi connectivity index (χ1) is 16.3. The molecule has 0 radical (unpaired) electrons. The van der Waals surface area contributed by atoms with Gasteiger partial charge in [0.15, 0.2) is 6.61 Å². The van der Waals surface area contributed by atoms with E-state index in [4.69, 9.17) is 16.3 Å². The van der Waals surface area contributed by atoms with Gasteiger partial charge in [0.2, 0.25) is 0 Å². The van der Waals surface area contributed by atoms with Crippen molar-refractivity contribution in [3.05, 3.63) is 87.4 Å². The predicted molar refractivity (Wildman–Crippen MR) is 135 cm³/mol. The molecule has 8 nitrogen and oxygen atoms in total. The highest BCUT2D eigenvalue weighted by Crippen LogP contribution is 2.22. The summed E-state index contributed by atoms with van der Waals surface area (Å²) in [6, 6.07) is 18.9. The summed E-state index contributed by atoms with van der Waals surface area (Å²) in [6.45, 7) is 1.70. The molecule has 0 heterocycles. The first-order valence-electron chi connectivity index (χ1n) is 9.99. The molecular weight excluding hydrogens is 524 g/mol. The lowest BCUT2D eigenvalue weighted by molar-refractivity contribution is -0.136. The normalized spacial score (nSPS) is 10.6. The number of aryl methyl sites for hydroxylation is 1. The van der Waals surface area contributed by atoms with Gasteiger partial charge in [-0.1, -0.05) is 45.7 Å². The summed E-state index contributed by atoms with van der Waals surface area (Å²) in [5, 5.41) is 9.42. The third-order valence-electron chi connectivity index (χ3n) is 4.29. The Labute approximate surface area is 209 Å². The average Bonchev–Trinajstić information content (AvgIpc) is 2.78. The Morgan fingerprint density at radius 1 is 0.971 bits per heavy atom. The van der Waals surface area contributed by atoms with Crippen LogP contribution in [0.3, 0.4) is 0 Å². The van der Waals surface area contributed by atoms with Gasteiger partial charge in [-0.05, 0) is 61.0 Å². The molecule has 0 aliphatic heterocycles. The van der Waals surface area contributed by atoms with Crippen LogP contribution in [-0.4, -0.2) is 30.5 Å². The Balaban J connectivity index is 1.57. The van der Waals surface area contributed by atoms with Crippen LogP contribution in [0.2, 0.25) is 5.02 Å². The number of carbonyl (C=O) groups is 3. The number of hydrogen-bond acceptors (Lipinski definition) is 5. The van der Waals surface area contributed by atoms with Gasteiger partial charge in [0.25, 0.3) is 5.91 Å². The first-order valence-corrected chi connectivity index (χ1v) is 11.2. The summed E-state index contributed by atoms with van der Waals surface area (Å²) < 4.78 is 6.35. The molecule has 0 saturated carbocycles. The van der Waals surface area contributed by atoms with Crippen LogP contribution in [0.25, 0.3) is 0 Å². The fourth-order valence-corrected chi connectivity index (χ4v) is 3.35. The van der Waals surface area contributed by atoms with E-state index in [0.29, 0.717) is 27.7 Å². The minimum atomic E-state index is -0.966.